The molecule has 0 radical (unpaired) electrons. The van der Waals surface area contributed by atoms with E-state index in [1.165, 1.54) is 18.5 Å². The molecule has 15 heteroatoms. The first-order valence-electron chi connectivity index (χ1n) is 7.44. The van der Waals surface area contributed by atoms with Crippen molar-refractivity contribution in [3.05, 3.63) is 64.5 Å². The molecule has 160 valence electrons. The molecule has 0 aliphatic heterocycles. The van der Waals surface area contributed by atoms with Gasteiger partial charge in [-0.15, -0.1) is 0 Å². The third kappa shape index (κ3) is 6.67. The van der Waals surface area contributed by atoms with Crippen LogP contribution in [0.3, 0.4) is 0 Å². The number of nitro groups is 2. The van der Waals surface area contributed by atoms with Crippen LogP contribution in [0.15, 0.2) is 33.5 Å². The molecule has 2 heterocycles. The molecule has 0 spiro atoms. The Morgan fingerprint density at radius 2 is 1.40 bits per heavy atom. The van der Waals surface area contributed by atoms with Crippen LogP contribution >= 0.6 is 43.5 Å². The van der Waals surface area contributed by atoms with E-state index in [9.17, 15) is 29.8 Å². The van der Waals surface area contributed by atoms with E-state index in [0.717, 1.165) is 20.3 Å². The quantitative estimate of drug-likeness (QED) is 0.171. The summed E-state index contributed by atoms with van der Waals surface area (Å²) in [6.45, 7) is 0. The van der Waals surface area contributed by atoms with Crippen molar-refractivity contribution in [3.63, 3.8) is 0 Å². The van der Waals surface area contributed by atoms with E-state index in [4.69, 9.17) is 11.6 Å². The molecule has 0 amide bonds. The van der Waals surface area contributed by atoms with Crippen LogP contribution in [0.2, 0.25) is 5.15 Å². The van der Waals surface area contributed by atoms with Crippen LogP contribution in [0.1, 0.15) is 11.6 Å². The molecular weight excluding hydrogens is 559 g/mol. The van der Waals surface area contributed by atoms with Gasteiger partial charge in [0.05, 0.1) is 24.1 Å². The zero-order chi connectivity index (χ0) is 23.0. The van der Waals surface area contributed by atoms with E-state index in [0.29, 0.717) is 8.95 Å². The van der Waals surface area contributed by atoms with Gasteiger partial charge in [-0.05, 0) is 31.9 Å². The summed E-state index contributed by atoms with van der Waals surface area (Å²) in [6.07, 6.45) is 2.64. The number of esters is 2. The number of carbonyl (C=O) groups is 2. The summed E-state index contributed by atoms with van der Waals surface area (Å²) in [7, 11) is 2.12. The van der Waals surface area contributed by atoms with Crippen LogP contribution in [-0.2, 0) is 19.1 Å². The van der Waals surface area contributed by atoms with E-state index in [2.05, 4.69) is 51.3 Å². The van der Waals surface area contributed by atoms with Gasteiger partial charge in [0.2, 0.25) is 11.1 Å². The molecule has 2 rings (SSSR count). The third-order valence-electron chi connectivity index (χ3n) is 3.19. The van der Waals surface area contributed by atoms with E-state index in [-0.39, 0.29) is 16.5 Å². The molecule has 0 bridgehead atoms. The molecule has 0 saturated carbocycles. The number of aromatic nitrogens is 2. The molecule has 0 N–H and O–H groups in total. The third-order valence-corrected chi connectivity index (χ3v) is 4.35. The van der Waals surface area contributed by atoms with Crippen molar-refractivity contribution >= 4 is 66.8 Å². The minimum absolute atomic E-state index is 0.0989. The average molecular weight is 571 g/mol. The van der Waals surface area contributed by atoms with Crippen molar-refractivity contribution in [2.24, 2.45) is 0 Å². The van der Waals surface area contributed by atoms with Crippen LogP contribution in [0, 0.1) is 20.2 Å². The number of pyridine rings is 2. The highest BCUT2D eigenvalue weighted by atomic mass is 79.9. The Bertz CT molecular complexity index is 975. The normalized spacial score (nSPS) is 9.93. The van der Waals surface area contributed by atoms with E-state index in [1.54, 1.807) is 0 Å². The van der Waals surface area contributed by atoms with Crippen LogP contribution in [-0.4, -0.2) is 46.0 Å². The molecule has 30 heavy (non-hydrogen) atoms. The van der Waals surface area contributed by atoms with Crippen LogP contribution in [0.25, 0.3) is 0 Å². The lowest BCUT2D eigenvalue weighted by Gasteiger charge is -2.12. The summed E-state index contributed by atoms with van der Waals surface area (Å²) in [4.78, 5) is 50.3. The summed E-state index contributed by atoms with van der Waals surface area (Å²) >= 11 is 11.5. The number of methoxy groups -OCH3 is 2. The lowest BCUT2D eigenvalue weighted by molar-refractivity contribution is -0.386. The number of hydrogen-bond acceptors (Lipinski definition) is 10. The Kier molecular flexibility index (Phi) is 9.68. The maximum Gasteiger partial charge on any atom is 0.326 e. The minimum Gasteiger partial charge on any atom is -0.468 e. The van der Waals surface area contributed by atoms with E-state index in [1.807, 2.05) is 0 Å². The lowest BCUT2D eigenvalue weighted by Crippen LogP contribution is -2.26. The fourth-order valence-electron chi connectivity index (χ4n) is 1.90. The van der Waals surface area contributed by atoms with Crippen molar-refractivity contribution in [3.8, 4) is 0 Å². The summed E-state index contributed by atoms with van der Waals surface area (Å²) in [5.41, 5.74) is -0.997. The van der Waals surface area contributed by atoms with Gasteiger partial charge in [0.15, 0.2) is 0 Å². The summed E-state index contributed by atoms with van der Waals surface area (Å²) in [5, 5.41) is 21.1. The molecule has 0 aliphatic rings. The van der Waals surface area contributed by atoms with Gasteiger partial charge in [-0.3, -0.25) is 34.8 Å². The van der Waals surface area contributed by atoms with Gasteiger partial charge in [0.1, 0.15) is 5.69 Å². The van der Waals surface area contributed by atoms with Crippen molar-refractivity contribution < 1.29 is 28.9 Å². The highest BCUT2D eigenvalue weighted by Gasteiger charge is 2.37. The predicted octanol–water partition coefficient (Wildman–Crippen LogP) is 3.59. The second-order valence-electron chi connectivity index (χ2n) is 5.01. The van der Waals surface area contributed by atoms with Crippen molar-refractivity contribution in [2.45, 2.75) is 5.92 Å². The zero-order valence-electron chi connectivity index (χ0n) is 15.1. The molecule has 12 nitrogen and oxygen atoms in total. The fourth-order valence-corrected chi connectivity index (χ4v) is 2.71. The van der Waals surface area contributed by atoms with Gasteiger partial charge < -0.3 is 9.47 Å². The van der Waals surface area contributed by atoms with Gasteiger partial charge in [0, 0.05) is 33.5 Å². The van der Waals surface area contributed by atoms with Gasteiger partial charge in [-0.1, -0.05) is 11.6 Å². The second kappa shape index (κ2) is 11.5. The van der Waals surface area contributed by atoms with Crippen molar-refractivity contribution in [2.75, 3.05) is 14.2 Å². The van der Waals surface area contributed by atoms with Gasteiger partial charge in [-0.2, -0.15) is 0 Å². The standard InChI is InChI=1S/C10H9BrN2O6.C5H2BrClN2O2/c1-18-9(14)7(10(15)19-2)8-6(13(16)17)3-5(11)4-12-8;6-3-1-4(9(10)11)5(7)8-2-3/h3-4,7H,1-2H3;1-2H. The van der Waals surface area contributed by atoms with Crippen LogP contribution in [0.5, 0.6) is 0 Å². The first-order chi connectivity index (χ1) is 14.0. The number of carbonyl (C=O) groups excluding carboxylic acids is 2. The summed E-state index contributed by atoms with van der Waals surface area (Å²) < 4.78 is 9.76. The largest absolute Gasteiger partial charge is 0.468 e. The highest BCUT2D eigenvalue weighted by Crippen LogP contribution is 2.29. The Balaban J connectivity index is 0.000000346. The number of ether oxygens (including phenoxy) is 2. The van der Waals surface area contributed by atoms with Gasteiger partial charge in [-0.25, -0.2) is 4.98 Å². The average Bonchev–Trinajstić information content (AvgIpc) is 2.70. The summed E-state index contributed by atoms with van der Waals surface area (Å²) in [5.74, 6) is -3.56. The van der Waals surface area contributed by atoms with E-state index >= 15 is 0 Å². The summed E-state index contributed by atoms with van der Waals surface area (Å²) in [6, 6.07) is 2.44. The molecule has 0 aliphatic carbocycles. The molecular formula is C15H11Br2ClN4O8. The second-order valence-corrected chi connectivity index (χ2v) is 7.20. The highest BCUT2D eigenvalue weighted by molar-refractivity contribution is 9.10. The van der Waals surface area contributed by atoms with Crippen molar-refractivity contribution in [1.82, 2.24) is 9.97 Å². The van der Waals surface area contributed by atoms with Gasteiger partial charge >= 0.3 is 17.6 Å². The fraction of sp³-hybridized carbons (Fsp3) is 0.200. The topological polar surface area (TPSA) is 165 Å². The zero-order valence-corrected chi connectivity index (χ0v) is 19.0. The smallest absolute Gasteiger partial charge is 0.326 e. The molecule has 2 aromatic heterocycles. The Morgan fingerprint density at radius 3 is 1.80 bits per heavy atom. The maximum atomic E-state index is 11.6. The molecule has 0 atom stereocenters. The number of halogens is 3. The maximum absolute atomic E-state index is 11.6. The van der Waals surface area contributed by atoms with Crippen molar-refractivity contribution in [1.29, 1.82) is 0 Å². The molecule has 0 unspecified atom stereocenters. The van der Waals surface area contributed by atoms with Gasteiger partial charge in [0.25, 0.3) is 5.69 Å². The molecule has 0 saturated heterocycles. The SMILES string of the molecule is COC(=O)C(C(=O)OC)c1ncc(Br)cc1[N+](=O)[O-].O=[N+]([O-])c1cc(Br)cnc1Cl. The first-order valence-corrected chi connectivity index (χ1v) is 9.40. The Labute approximate surface area is 190 Å². The first kappa shape index (κ1) is 25.3. The Morgan fingerprint density at radius 1 is 0.967 bits per heavy atom. The predicted molar refractivity (Wildman–Crippen MR) is 109 cm³/mol. The Hall–Kier alpha value is -2.71. The van der Waals surface area contributed by atoms with Crippen LogP contribution in [0.4, 0.5) is 11.4 Å². The number of rotatable bonds is 5. The molecule has 0 fully saturated rings. The molecule has 0 aromatic carbocycles. The lowest BCUT2D eigenvalue weighted by atomic mass is 10.0. The molecule has 2 aromatic rings. The minimum atomic E-state index is -1.59. The number of nitrogens with zero attached hydrogens (tertiary/aromatic N) is 4. The van der Waals surface area contributed by atoms with E-state index < -0.39 is 33.4 Å². The number of hydrogen-bond donors (Lipinski definition) is 0. The van der Waals surface area contributed by atoms with Crippen LogP contribution < -0.4 is 0 Å². The monoisotopic (exact) mass is 568 g/mol.